The lowest BCUT2D eigenvalue weighted by Crippen LogP contribution is -2.23. The smallest absolute Gasteiger partial charge is 0.237 e. The van der Waals surface area contributed by atoms with Gasteiger partial charge in [-0.05, 0) is 38.8 Å². The molecule has 1 aliphatic carbocycles. The first kappa shape index (κ1) is 16.5. The molecule has 1 saturated carbocycles. The molecule has 1 unspecified atom stereocenters. The van der Waals surface area contributed by atoms with E-state index < -0.39 is 0 Å². The molecule has 7 heteroatoms. The van der Waals surface area contributed by atoms with Crippen molar-refractivity contribution in [3.8, 4) is 6.07 Å². The van der Waals surface area contributed by atoms with Gasteiger partial charge in [-0.3, -0.25) is 4.79 Å². The van der Waals surface area contributed by atoms with E-state index in [1.54, 1.807) is 24.3 Å². The summed E-state index contributed by atoms with van der Waals surface area (Å²) in [6, 6.07) is 9.06. The van der Waals surface area contributed by atoms with Crippen molar-refractivity contribution in [2.24, 2.45) is 0 Å². The number of para-hydroxylation sites is 1. The Labute approximate surface area is 145 Å². The Balaban J connectivity index is 1.69. The molecule has 1 aromatic heterocycles. The Hall–Kier alpha value is -2.33. The molecule has 124 valence electrons. The molecule has 0 aliphatic heterocycles. The SMILES string of the molecule is CCn1c(SC(C)C(=O)Nc2ccccc2C#N)nnc1C1CC1. The highest BCUT2D eigenvalue weighted by atomic mass is 32.2. The minimum absolute atomic E-state index is 0.152. The fraction of sp³-hybridized carbons (Fsp3) is 0.412. The number of amides is 1. The van der Waals surface area contributed by atoms with Gasteiger partial charge in [0.2, 0.25) is 5.91 Å². The van der Waals surface area contributed by atoms with E-state index in [4.69, 9.17) is 5.26 Å². The number of carbonyl (C=O) groups excluding carboxylic acids is 1. The summed E-state index contributed by atoms with van der Waals surface area (Å²) in [4.78, 5) is 12.4. The topological polar surface area (TPSA) is 83.6 Å². The van der Waals surface area contributed by atoms with Gasteiger partial charge in [-0.2, -0.15) is 5.26 Å². The molecule has 0 radical (unpaired) electrons. The Morgan fingerprint density at radius 2 is 2.21 bits per heavy atom. The van der Waals surface area contributed by atoms with Crippen LogP contribution in [0.2, 0.25) is 0 Å². The predicted molar refractivity (Wildman–Crippen MR) is 92.8 cm³/mol. The van der Waals surface area contributed by atoms with Gasteiger partial charge in [0.1, 0.15) is 11.9 Å². The highest BCUT2D eigenvalue weighted by molar-refractivity contribution is 8.00. The first-order valence-electron chi connectivity index (χ1n) is 8.03. The van der Waals surface area contributed by atoms with E-state index in [0.29, 0.717) is 17.2 Å². The number of benzene rings is 1. The van der Waals surface area contributed by atoms with Crippen LogP contribution >= 0.6 is 11.8 Å². The van der Waals surface area contributed by atoms with E-state index in [1.807, 2.05) is 6.92 Å². The van der Waals surface area contributed by atoms with Crippen molar-refractivity contribution < 1.29 is 4.79 Å². The zero-order chi connectivity index (χ0) is 17.1. The number of hydrogen-bond donors (Lipinski definition) is 1. The van der Waals surface area contributed by atoms with Crippen LogP contribution in [0, 0.1) is 11.3 Å². The monoisotopic (exact) mass is 341 g/mol. The number of nitrogens with one attached hydrogen (secondary N) is 1. The van der Waals surface area contributed by atoms with Crippen LogP contribution < -0.4 is 5.32 Å². The Morgan fingerprint density at radius 3 is 2.88 bits per heavy atom. The van der Waals surface area contributed by atoms with Gasteiger partial charge < -0.3 is 9.88 Å². The highest BCUT2D eigenvalue weighted by Crippen LogP contribution is 2.40. The number of carbonyl (C=O) groups is 1. The van der Waals surface area contributed by atoms with Crippen LogP contribution in [0.15, 0.2) is 29.4 Å². The number of thioether (sulfide) groups is 1. The number of rotatable bonds is 6. The third-order valence-electron chi connectivity index (χ3n) is 3.96. The quantitative estimate of drug-likeness (QED) is 0.816. The number of nitriles is 1. The lowest BCUT2D eigenvalue weighted by Gasteiger charge is -2.13. The van der Waals surface area contributed by atoms with E-state index >= 15 is 0 Å². The lowest BCUT2D eigenvalue weighted by molar-refractivity contribution is -0.115. The van der Waals surface area contributed by atoms with E-state index in [-0.39, 0.29) is 11.2 Å². The van der Waals surface area contributed by atoms with E-state index in [0.717, 1.165) is 17.5 Å². The van der Waals surface area contributed by atoms with Crippen LogP contribution in [0.1, 0.15) is 44.0 Å². The third-order valence-corrected chi connectivity index (χ3v) is 5.04. The highest BCUT2D eigenvalue weighted by Gasteiger charge is 2.30. The molecule has 24 heavy (non-hydrogen) atoms. The lowest BCUT2D eigenvalue weighted by atomic mass is 10.2. The van der Waals surface area contributed by atoms with Gasteiger partial charge in [-0.1, -0.05) is 23.9 Å². The molecule has 0 saturated heterocycles. The Kier molecular flexibility index (Phi) is 4.86. The van der Waals surface area contributed by atoms with Gasteiger partial charge in [-0.15, -0.1) is 10.2 Å². The van der Waals surface area contributed by atoms with Crippen molar-refractivity contribution >= 4 is 23.4 Å². The number of anilines is 1. The number of nitrogens with zero attached hydrogens (tertiary/aromatic N) is 4. The van der Waals surface area contributed by atoms with Crippen LogP contribution in [0.3, 0.4) is 0 Å². The summed E-state index contributed by atoms with van der Waals surface area (Å²) in [5.74, 6) is 1.40. The molecular formula is C17H19N5OS. The minimum Gasteiger partial charge on any atom is -0.324 e. The Morgan fingerprint density at radius 1 is 1.46 bits per heavy atom. The standard InChI is InChI=1S/C17H19N5OS/c1-3-22-15(12-8-9-12)20-21-17(22)24-11(2)16(23)19-14-7-5-4-6-13(14)10-18/h4-7,11-12H,3,8-9H2,1-2H3,(H,19,23). The van der Waals surface area contributed by atoms with Crippen LogP contribution in [0.5, 0.6) is 0 Å². The van der Waals surface area contributed by atoms with Gasteiger partial charge in [-0.25, -0.2) is 0 Å². The molecule has 1 heterocycles. The fourth-order valence-electron chi connectivity index (χ4n) is 2.46. The maximum Gasteiger partial charge on any atom is 0.237 e. The van der Waals surface area contributed by atoms with Gasteiger partial charge in [0, 0.05) is 12.5 Å². The van der Waals surface area contributed by atoms with Crippen LogP contribution in [-0.4, -0.2) is 25.9 Å². The van der Waals surface area contributed by atoms with Crippen molar-refractivity contribution in [3.05, 3.63) is 35.7 Å². The van der Waals surface area contributed by atoms with Crippen molar-refractivity contribution in [2.45, 2.75) is 49.6 Å². The van der Waals surface area contributed by atoms with Gasteiger partial charge >= 0.3 is 0 Å². The average Bonchev–Trinajstić information content (AvgIpc) is 3.36. The second kappa shape index (κ2) is 7.05. The van der Waals surface area contributed by atoms with Crippen molar-refractivity contribution in [1.82, 2.24) is 14.8 Å². The van der Waals surface area contributed by atoms with E-state index in [1.165, 1.54) is 24.6 Å². The molecule has 1 aliphatic rings. The van der Waals surface area contributed by atoms with Crippen molar-refractivity contribution in [2.75, 3.05) is 5.32 Å². The summed E-state index contributed by atoms with van der Waals surface area (Å²) >= 11 is 1.40. The minimum atomic E-state index is -0.335. The molecule has 6 nitrogen and oxygen atoms in total. The zero-order valence-electron chi connectivity index (χ0n) is 13.7. The summed E-state index contributed by atoms with van der Waals surface area (Å²) in [5.41, 5.74) is 0.990. The van der Waals surface area contributed by atoms with Crippen molar-refractivity contribution in [1.29, 1.82) is 5.26 Å². The average molecular weight is 341 g/mol. The normalized spacial score (nSPS) is 14.9. The van der Waals surface area contributed by atoms with Gasteiger partial charge in [0.15, 0.2) is 5.16 Å². The number of hydrogen-bond acceptors (Lipinski definition) is 5. The first-order valence-corrected chi connectivity index (χ1v) is 8.91. The van der Waals surface area contributed by atoms with Crippen LogP contribution in [-0.2, 0) is 11.3 Å². The van der Waals surface area contributed by atoms with Gasteiger partial charge in [0.25, 0.3) is 0 Å². The molecule has 2 aromatic rings. The van der Waals surface area contributed by atoms with E-state index in [2.05, 4.69) is 33.1 Å². The molecular weight excluding hydrogens is 322 g/mol. The molecule has 1 N–H and O–H groups in total. The molecule has 1 atom stereocenters. The molecule has 1 fully saturated rings. The largest absolute Gasteiger partial charge is 0.324 e. The number of aromatic nitrogens is 3. The molecule has 0 bridgehead atoms. The molecule has 1 aromatic carbocycles. The maximum absolute atomic E-state index is 12.4. The summed E-state index contributed by atoms with van der Waals surface area (Å²) in [6.07, 6.45) is 2.34. The summed E-state index contributed by atoms with van der Waals surface area (Å²) in [7, 11) is 0. The second-order valence-corrected chi connectivity index (χ2v) is 7.07. The third kappa shape index (κ3) is 3.44. The van der Waals surface area contributed by atoms with Crippen LogP contribution in [0.25, 0.3) is 0 Å². The summed E-state index contributed by atoms with van der Waals surface area (Å²) in [5, 5.41) is 20.9. The fourth-order valence-corrected chi connectivity index (χ4v) is 3.38. The first-order chi connectivity index (χ1) is 11.6. The molecule has 3 rings (SSSR count). The maximum atomic E-state index is 12.4. The molecule has 1 amide bonds. The van der Waals surface area contributed by atoms with Crippen molar-refractivity contribution in [3.63, 3.8) is 0 Å². The van der Waals surface area contributed by atoms with Crippen LogP contribution in [0.4, 0.5) is 5.69 Å². The second-order valence-electron chi connectivity index (χ2n) is 5.77. The zero-order valence-corrected chi connectivity index (χ0v) is 14.5. The van der Waals surface area contributed by atoms with E-state index in [9.17, 15) is 4.79 Å². The Bertz CT molecular complexity index is 791. The summed E-state index contributed by atoms with van der Waals surface area (Å²) < 4.78 is 2.09. The predicted octanol–water partition coefficient (Wildman–Crippen LogP) is 3.17. The summed E-state index contributed by atoms with van der Waals surface area (Å²) in [6.45, 7) is 4.69. The van der Waals surface area contributed by atoms with Gasteiger partial charge in [0.05, 0.1) is 16.5 Å². The molecule has 0 spiro atoms.